The van der Waals surface area contributed by atoms with Crippen molar-refractivity contribution in [2.45, 2.75) is 5.03 Å². The van der Waals surface area contributed by atoms with Crippen LogP contribution in [0.4, 0.5) is 10.1 Å². The minimum Gasteiger partial charge on any atom is -0.409 e. The third-order valence-corrected chi connectivity index (χ3v) is 5.99. The first-order valence-electron chi connectivity index (χ1n) is 6.65. The Balaban J connectivity index is 2.09. The van der Waals surface area contributed by atoms with Gasteiger partial charge in [0.15, 0.2) is 10.7 Å². The van der Waals surface area contributed by atoms with Gasteiger partial charge in [-0.25, -0.2) is 9.02 Å². The lowest BCUT2D eigenvalue weighted by Crippen LogP contribution is -2.15. The molecule has 0 aliphatic heterocycles. The molecule has 0 amide bonds. The lowest BCUT2D eigenvalue weighted by molar-refractivity contribution is 0.297. The summed E-state index contributed by atoms with van der Waals surface area (Å²) in [5, 5.41) is 25.7. The predicted molar refractivity (Wildman–Crippen MR) is 94.0 cm³/mol. The second-order valence-electron chi connectivity index (χ2n) is 4.39. The highest BCUT2D eigenvalue weighted by Crippen LogP contribution is 2.25. The van der Waals surface area contributed by atoms with Gasteiger partial charge in [-0.3, -0.25) is 5.09 Å². The van der Waals surface area contributed by atoms with Crippen LogP contribution in [0, 0.1) is 5.82 Å². The molecule has 2 rings (SSSR count). The predicted octanol–water partition coefficient (Wildman–Crippen LogP) is 3.01. The van der Waals surface area contributed by atoms with Gasteiger partial charge >= 0.3 is 0 Å². The van der Waals surface area contributed by atoms with Crippen molar-refractivity contribution in [1.29, 1.82) is 0 Å². The van der Waals surface area contributed by atoms with Crippen LogP contribution in [0.25, 0.3) is 0 Å². The van der Waals surface area contributed by atoms with Crippen LogP contribution in [0.15, 0.2) is 37.5 Å². The fourth-order valence-corrected chi connectivity index (χ4v) is 3.96. The molecule has 0 radical (unpaired) electrons. The Kier molecular flexibility index (Phi) is 7.22. The van der Waals surface area contributed by atoms with Gasteiger partial charge in [0, 0.05) is 17.6 Å². The molecule has 2 aromatic rings. The fourth-order valence-electron chi connectivity index (χ4n) is 1.63. The molecular weight excluding hydrogens is 424 g/mol. The summed E-state index contributed by atoms with van der Waals surface area (Å²) in [7, 11) is -0.177. The molecule has 0 aliphatic carbocycles. The van der Waals surface area contributed by atoms with Crippen molar-refractivity contribution in [3.05, 3.63) is 34.2 Å². The fraction of sp³-hybridized carbons (Fsp3) is 0.250. The molecule has 0 fully saturated rings. The number of nitrogens with zero attached hydrogens (tertiary/aromatic N) is 3. The third-order valence-electron chi connectivity index (χ3n) is 2.81. The van der Waals surface area contributed by atoms with Crippen molar-refractivity contribution < 1.29 is 18.8 Å². The number of halogens is 2. The highest BCUT2D eigenvalue weighted by atomic mass is 79.9. The van der Waals surface area contributed by atoms with Crippen molar-refractivity contribution in [3.8, 4) is 0 Å². The Morgan fingerprint density at radius 3 is 3.00 bits per heavy atom. The molecule has 0 spiro atoms. The smallest absolute Gasteiger partial charge is 0.202 e. The second-order valence-corrected chi connectivity index (χ2v) is 8.18. The minimum absolute atomic E-state index is 0.00136. The minimum atomic E-state index is -1.81. The van der Waals surface area contributed by atoms with Crippen LogP contribution < -0.4 is 10.4 Å². The van der Waals surface area contributed by atoms with Crippen molar-refractivity contribution >= 4 is 47.2 Å². The molecule has 1 unspecified atom stereocenters. The van der Waals surface area contributed by atoms with E-state index in [1.165, 1.54) is 30.0 Å². The molecule has 0 aliphatic rings. The van der Waals surface area contributed by atoms with Gasteiger partial charge in [-0.2, -0.15) is 0 Å². The summed E-state index contributed by atoms with van der Waals surface area (Å²) in [4.78, 5) is 0. The van der Waals surface area contributed by atoms with Crippen LogP contribution in [0.5, 0.6) is 0 Å². The summed E-state index contributed by atoms with van der Waals surface area (Å²) in [6.07, 6.45) is 0.474. The molecule has 130 valence electrons. The van der Waals surface area contributed by atoms with E-state index in [9.17, 15) is 14.2 Å². The molecule has 8 nitrogen and oxygen atoms in total. The monoisotopic (exact) mass is 437 g/mol. The van der Waals surface area contributed by atoms with Gasteiger partial charge in [0.1, 0.15) is 13.8 Å². The summed E-state index contributed by atoms with van der Waals surface area (Å²) in [5.74, 6) is 0.112. The topological polar surface area (TPSA) is 113 Å². The highest BCUT2D eigenvalue weighted by molar-refractivity contribution is 9.10. The van der Waals surface area contributed by atoms with Gasteiger partial charge in [0.25, 0.3) is 0 Å². The first-order valence-corrected chi connectivity index (χ1v) is 10.0. The van der Waals surface area contributed by atoms with Crippen LogP contribution in [-0.4, -0.2) is 40.3 Å². The molecule has 3 N–H and O–H groups in total. The van der Waals surface area contributed by atoms with E-state index in [2.05, 4.69) is 46.4 Å². The van der Waals surface area contributed by atoms with Crippen molar-refractivity contribution in [2.24, 2.45) is 5.16 Å². The van der Waals surface area contributed by atoms with Crippen molar-refractivity contribution in [3.63, 3.8) is 0 Å². The standard InChI is InChI=1S/C12H14BrFN5O3PS/c1-15-23(21)4-5-24-12-10(18-22-19-12)11(17-20)16-7-2-3-9(14)8(13)6-7/h2-3,6,20,23H,4-5H2,1H3,(H,15,21)(H,16,17). The number of aromatic nitrogens is 2. The first-order chi connectivity index (χ1) is 11.5. The summed E-state index contributed by atoms with van der Waals surface area (Å²) in [6, 6.07) is 4.22. The third kappa shape index (κ3) is 5.04. The van der Waals surface area contributed by atoms with E-state index in [4.69, 9.17) is 0 Å². The molecule has 1 aromatic heterocycles. The number of thioether (sulfide) groups is 1. The van der Waals surface area contributed by atoms with Crippen molar-refractivity contribution in [1.82, 2.24) is 15.4 Å². The summed E-state index contributed by atoms with van der Waals surface area (Å²) >= 11 is 4.35. The maximum absolute atomic E-state index is 13.3. The number of oxime groups is 1. The van der Waals surface area contributed by atoms with E-state index in [-0.39, 0.29) is 16.0 Å². The first kappa shape index (κ1) is 18.9. The van der Waals surface area contributed by atoms with E-state index in [1.807, 2.05) is 0 Å². The lowest BCUT2D eigenvalue weighted by atomic mass is 10.3. The maximum Gasteiger partial charge on any atom is 0.202 e. The zero-order valence-electron chi connectivity index (χ0n) is 12.4. The molecule has 0 saturated heterocycles. The van der Waals surface area contributed by atoms with Crippen LogP contribution in [0.2, 0.25) is 0 Å². The number of amidine groups is 1. The number of benzene rings is 1. The molecule has 1 heterocycles. The SMILES string of the molecule is CN[PH](=O)CCSc1nonc1/C(=N/O)Nc1ccc(F)c(Br)c1. The molecule has 0 saturated carbocycles. The van der Waals surface area contributed by atoms with E-state index in [0.717, 1.165) is 0 Å². The number of nitrogens with one attached hydrogen (secondary N) is 2. The molecular formula is C12H14BrFN5O3PS. The normalized spacial score (nSPS) is 13.0. The second kappa shape index (κ2) is 9.16. The summed E-state index contributed by atoms with van der Waals surface area (Å²) in [6.45, 7) is 0. The number of anilines is 1. The number of hydrogen-bond donors (Lipinski definition) is 3. The summed E-state index contributed by atoms with van der Waals surface area (Å²) < 4.78 is 29.6. The average molecular weight is 438 g/mol. The number of rotatable bonds is 7. The Morgan fingerprint density at radius 2 is 2.33 bits per heavy atom. The van der Waals surface area contributed by atoms with Gasteiger partial charge in [0.2, 0.25) is 5.84 Å². The molecule has 1 atom stereocenters. The highest BCUT2D eigenvalue weighted by Gasteiger charge is 2.18. The van der Waals surface area contributed by atoms with Gasteiger partial charge < -0.3 is 15.1 Å². The Hall–Kier alpha value is -1.42. The van der Waals surface area contributed by atoms with E-state index in [0.29, 0.717) is 22.6 Å². The molecule has 24 heavy (non-hydrogen) atoms. The molecule has 1 aromatic carbocycles. The van der Waals surface area contributed by atoms with Crippen LogP contribution in [-0.2, 0) is 4.57 Å². The van der Waals surface area contributed by atoms with Gasteiger partial charge in [0.05, 0.1) is 4.47 Å². The maximum atomic E-state index is 13.3. The van der Waals surface area contributed by atoms with E-state index < -0.39 is 13.8 Å². The Bertz CT molecular complexity index is 760. The van der Waals surface area contributed by atoms with Gasteiger partial charge in [-0.1, -0.05) is 16.9 Å². The molecule has 12 heteroatoms. The van der Waals surface area contributed by atoms with Crippen molar-refractivity contribution in [2.75, 3.05) is 24.3 Å². The largest absolute Gasteiger partial charge is 0.409 e. The summed E-state index contributed by atoms with van der Waals surface area (Å²) in [5.41, 5.74) is 0.683. The van der Waals surface area contributed by atoms with E-state index in [1.54, 1.807) is 7.05 Å². The van der Waals surface area contributed by atoms with Gasteiger partial charge in [-0.15, -0.1) is 0 Å². The average Bonchev–Trinajstić information content (AvgIpc) is 3.04. The molecule has 0 bridgehead atoms. The van der Waals surface area contributed by atoms with E-state index >= 15 is 0 Å². The Labute approximate surface area is 150 Å². The van der Waals surface area contributed by atoms with Gasteiger partial charge in [-0.05, 0) is 51.5 Å². The Morgan fingerprint density at radius 1 is 1.54 bits per heavy atom. The van der Waals surface area contributed by atoms with Crippen LogP contribution >= 0.6 is 35.6 Å². The zero-order valence-corrected chi connectivity index (χ0v) is 15.8. The van der Waals surface area contributed by atoms with Crippen LogP contribution in [0.3, 0.4) is 0 Å². The zero-order chi connectivity index (χ0) is 17.5. The number of hydrogen-bond acceptors (Lipinski definition) is 7. The quantitative estimate of drug-likeness (QED) is 0.151. The van der Waals surface area contributed by atoms with Crippen LogP contribution in [0.1, 0.15) is 5.69 Å². The lowest BCUT2D eigenvalue weighted by Gasteiger charge is -2.07.